The normalized spacial score (nSPS) is 11.2. The smallest absolute Gasteiger partial charge is 0.252 e. The van der Waals surface area contributed by atoms with Gasteiger partial charge in [0.1, 0.15) is 4.21 Å². The number of benzene rings is 1. The molecule has 1 aromatic carbocycles. The zero-order valence-electron chi connectivity index (χ0n) is 12.8. The molecule has 0 atom stereocenters. The van der Waals surface area contributed by atoms with Crippen molar-refractivity contribution in [2.45, 2.75) is 10.8 Å². The fraction of sp³-hybridized carbons (Fsp3) is 0.214. The van der Waals surface area contributed by atoms with E-state index in [2.05, 4.69) is 5.32 Å². The second kappa shape index (κ2) is 7.68. The predicted molar refractivity (Wildman–Crippen MR) is 99.1 cm³/mol. The number of sulfonamides is 1. The number of halogens is 1. The van der Waals surface area contributed by atoms with Crippen molar-refractivity contribution in [1.82, 2.24) is 5.32 Å². The molecular weight excluding hydrogens is 467 g/mol. The lowest BCUT2D eigenvalue weighted by molar-refractivity contribution is 0.0950. The summed E-state index contributed by atoms with van der Waals surface area (Å²) in [7, 11) is -0.708. The van der Waals surface area contributed by atoms with E-state index in [4.69, 9.17) is 14.6 Å². The first kappa shape index (κ1) is 19.0. The van der Waals surface area contributed by atoms with Gasteiger partial charge in [-0.2, -0.15) is 0 Å². The van der Waals surface area contributed by atoms with Crippen LogP contribution in [0, 0.1) is 3.57 Å². The lowest BCUT2D eigenvalue weighted by Gasteiger charge is -2.12. The Hall–Kier alpha value is -1.37. The molecule has 0 spiro atoms. The van der Waals surface area contributed by atoms with Gasteiger partial charge in [0.2, 0.25) is 10.0 Å². The minimum Gasteiger partial charge on any atom is -0.493 e. The molecule has 7 nitrogen and oxygen atoms in total. The van der Waals surface area contributed by atoms with E-state index in [9.17, 15) is 13.2 Å². The van der Waals surface area contributed by atoms with E-state index in [0.29, 0.717) is 25.5 Å². The Labute approximate surface area is 157 Å². The van der Waals surface area contributed by atoms with Crippen LogP contribution in [0.4, 0.5) is 0 Å². The monoisotopic (exact) mass is 482 g/mol. The molecular formula is C14H15IN2O5S2. The second-order valence-corrected chi connectivity index (χ2v) is 8.75. The third kappa shape index (κ3) is 4.37. The molecule has 0 saturated heterocycles. The summed E-state index contributed by atoms with van der Waals surface area (Å²) in [6.07, 6.45) is 0. The summed E-state index contributed by atoms with van der Waals surface area (Å²) in [5.74, 6) is 0.691. The number of ether oxygens (including phenoxy) is 2. The molecule has 3 N–H and O–H groups in total. The average Bonchev–Trinajstić information content (AvgIpc) is 3.01. The third-order valence-corrected chi connectivity index (χ3v) is 6.47. The first-order chi connectivity index (χ1) is 11.3. The fourth-order valence-electron chi connectivity index (χ4n) is 1.90. The summed E-state index contributed by atoms with van der Waals surface area (Å²) in [6.45, 7) is 0.198. The molecule has 130 valence electrons. The Morgan fingerprint density at radius 2 is 1.88 bits per heavy atom. The van der Waals surface area contributed by atoms with Crippen molar-refractivity contribution in [3.05, 3.63) is 38.3 Å². The second-order valence-electron chi connectivity index (χ2n) is 4.64. The van der Waals surface area contributed by atoms with Crippen molar-refractivity contribution in [2.24, 2.45) is 5.14 Å². The lowest BCUT2D eigenvalue weighted by Crippen LogP contribution is -2.23. The lowest BCUT2D eigenvalue weighted by atomic mass is 10.2. The molecule has 0 fully saturated rings. The van der Waals surface area contributed by atoms with Gasteiger partial charge < -0.3 is 14.8 Å². The molecule has 0 aliphatic rings. The van der Waals surface area contributed by atoms with Crippen LogP contribution in [-0.4, -0.2) is 28.5 Å². The van der Waals surface area contributed by atoms with Gasteiger partial charge in [0, 0.05) is 8.45 Å². The van der Waals surface area contributed by atoms with Gasteiger partial charge in [-0.15, -0.1) is 11.3 Å². The zero-order chi connectivity index (χ0) is 17.9. The van der Waals surface area contributed by atoms with Crippen LogP contribution >= 0.6 is 33.9 Å². The molecule has 0 unspecified atom stereocenters. The minimum absolute atomic E-state index is 0.0625. The SMILES string of the molecule is COc1cc(I)c(C(=O)NCc2ccc(S(N)(=O)=O)s2)cc1OC. The predicted octanol–water partition coefficient (Wildman–Crippen LogP) is 1.95. The fourth-order valence-corrected chi connectivity index (χ4v) is 4.30. The third-order valence-electron chi connectivity index (χ3n) is 3.06. The van der Waals surface area contributed by atoms with Crippen LogP contribution in [0.5, 0.6) is 11.5 Å². The van der Waals surface area contributed by atoms with E-state index >= 15 is 0 Å². The number of primary sulfonamides is 1. The first-order valence-electron chi connectivity index (χ1n) is 6.57. The van der Waals surface area contributed by atoms with E-state index in [1.54, 1.807) is 18.2 Å². The Bertz CT molecular complexity index is 864. The topological polar surface area (TPSA) is 108 Å². The van der Waals surface area contributed by atoms with E-state index in [1.807, 2.05) is 22.6 Å². The molecule has 24 heavy (non-hydrogen) atoms. The molecule has 2 rings (SSSR count). The number of nitrogens with one attached hydrogen (secondary N) is 1. The number of hydrogen-bond acceptors (Lipinski definition) is 6. The van der Waals surface area contributed by atoms with E-state index < -0.39 is 10.0 Å². The maximum atomic E-state index is 12.4. The summed E-state index contributed by atoms with van der Waals surface area (Å²) in [6, 6.07) is 6.34. The highest BCUT2D eigenvalue weighted by Gasteiger charge is 2.16. The molecule has 0 radical (unpaired) electrons. The number of carbonyl (C=O) groups is 1. The van der Waals surface area contributed by atoms with E-state index in [0.717, 1.165) is 11.3 Å². The Balaban J connectivity index is 2.14. The Morgan fingerprint density at radius 1 is 1.25 bits per heavy atom. The van der Waals surface area contributed by atoms with Crippen LogP contribution in [-0.2, 0) is 16.6 Å². The minimum atomic E-state index is -3.72. The summed E-state index contributed by atoms with van der Waals surface area (Å²) in [5, 5.41) is 7.81. The van der Waals surface area contributed by atoms with Crippen molar-refractivity contribution < 1.29 is 22.7 Å². The van der Waals surface area contributed by atoms with Crippen molar-refractivity contribution >= 4 is 49.9 Å². The molecule has 10 heteroatoms. The van der Waals surface area contributed by atoms with Crippen LogP contribution in [0.2, 0.25) is 0 Å². The van der Waals surface area contributed by atoms with Gasteiger partial charge in [0.15, 0.2) is 11.5 Å². The molecule has 2 aromatic rings. The average molecular weight is 482 g/mol. The number of methoxy groups -OCH3 is 2. The summed E-state index contributed by atoms with van der Waals surface area (Å²) in [5.41, 5.74) is 0.441. The van der Waals surface area contributed by atoms with Gasteiger partial charge in [-0.3, -0.25) is 4.79 Å². The largest absolute Gasteiger partial charge is 0.493 e. The molecule has 0 saturated carbocycles. The van der Waals surface area contributed by atoms with Crippen molar-refractivity contribution in [3.8, 4) is 11.5 Å². The van der Waals surface area contributed by atoms with Crippen molar-refractivity contribution in [2.75, 3.05) is 14.2 Å². The van der Waals surface area contributed by atoms with Crippen LogP contribution in [0.1, 0.15) is 15.2 Å². The van der Waals surface area contributed by atoms with Crippen LogP contribution in [0.15, 0.2) is 28.5 Å². The molecule has 1 aromatic heterocycles. The molecule has 1 amide bonds. The number of nitrogens with two attached hydrogens (primary N) is 1. The standard InChI is InChI=1S/C14H15IN2O5S2/c1-21-11-5-9(10(15)6-12(11)22-2)14(18)17-7-8-3-4-13(23-8)24(16,19)20/h3-6H,7H2,1-2H3,(H,17,18)(H2,16,19,20). The number of hydrogen-bond donors (Lipinski definition) is 2. The maximum absolute atomic E-state index is 12.4. The van der Waals surface area contributed by atoms with Gasteiger partial charge in [0.25, 0.3) is 5.91 Å². The van der Waals surface area contributed by atoms with Crippen LogP contribution in [0.25, 0.3) is 0 Å². The highest BCUT2D eigenvalue weighted by atomic mass is 127. The quantitative estimate of drug-likeness (QED) is 0.613. The molecule has 0 bridgehead atoms. The first-order valence-corrected chi connectivity index (χ1v) is 10.0. The highest BCUT2D eigenvalue weighted by molar-refractivity contribution is 14.1. The van der Waals surface area contributed by atoms with Gasteiger partial charge >= 0.3 is 0 Å². The maximum Gasteiger partial charge on any atom is 0.252 e. The van der Waals surface area contributed by atoms with Gasteiger partial charge in [-0.05, 0) is 46.9 Å². The van der Waals surface area contributed by atoms with Gasteiger partial charge in [0.05, 0.1) is 26.3 Å². The van der Waals surface area contributed by atoms with Gasteiger partial charge in [-0.1, -0.05) is 0 Å². The number of thiophene rings is 1. The van der Waals surface area contributed by atoms with E-state index in [1.165, 1.54) is 20.3 Å². The molecule has 1 heterocycles. The van der Waals surface area contributed by atoms with Crippen molar-refractivity contribution in [1.29, 1.82) is 0 Å². The summed E-state index contributed by atoms with van der Waals surface area (Å²) >= 11 is 3.06. The number of carbonyl (C=O) groups excluding carboxylic acids is 1. The van der Waals surface area contributed by atoms with E-state index in [-0.39, 0.29) is 16.7 Å². The molecule has 0 aliphatic carbocycles. The van der Waals surface area contributed by atoms with Crippen LogP contribution in [0.3, 0.4) is 0 Å². The number of amides is 1. The highest BCUT2D eigenvalue weighted by Crippen LogP contribution is 2.31. The Morgan fingerprint density at radius 3 is 2.42 bits per heavy atom. The Kier molecular flexibility index (Phi) is 6.06. The summed E-state index contributed by atoms with van der Waals surface area (Å²) in [4.78, 5) is 13.0. The van der Waals surface area contributed by atoms with Crippen molar-refractivity contribution in [3.63, 3.8) is 0 Å². The molecule has 0 aliphatic heterocycles. The summed E-state index contributed by atoms with van der Waals surface area (Å²) < 4.78 is 33.7. The zero-order valence-corrected chi connectivity index (χ0v) is 16.6. The van der Waals surface area contributed by atoms with Crippen LogP contribution < -0.4 is 19.9 Å². The number of rotatable bonds is 6. The van der Waals surface area contributed by atoms with Gasteiger partial charge in [-0.25, -0.2) is 13.6 Å².